The van der Waals surface area contributed by atoms with Crippen LogP contribution in [0.5, 0.6) is 17.2 Å². The second kappa shape index (κ2) is 14.5. The minimum absolute atomic E-state index is 0.0445. The van der Waals surface area contributed by atoms with Crippen molar-refractivity contribution in [3.05, 3.63) is 68.1 Å². The molecule has 3 aromatic rings. The van der Waals surface area contributed by atoms with Gasteiger partial charge < -0.3 is 40.9 Å². The van der Waals surface area contributed by atoms with E-state index in [1.807, 2.05) is 0 Å². The minimum Gasteiger partial charge on any atom is -0.534 e. The number of phenolic OH excluding ortho intramolecular Hbond substituents is 2. The van der Waals surface area contributed by atoms with Gasteiger partial charge in [-0.25, -0.2) is 45.8 Å². The molecular formula is C27H24BClF2N6O12S2. The standard InChI is InChI=1S/C27H24BClF2N6O12S2/c29-17-12(10-14(31)19(38)20(17)39)18(22(40)34-15-9-11-1-2-13(30)16(25(42)43)21(11)49-28(15)46)35-26(44)36-5-6-37(27(36)45)51(47,48)8-4-32-23(41)24-33-3-7-50-24/h1-3,7,10,15,18,38-39,46H,4-6,8-9H2,(H,32,41)(H,34,40)(H,35,44)(H,42,43)/t15-,18?/m0/s1. The maximum absolute atomic E-state index is 14.6. The molecule has 270 valence electrons. The van der Waals surface area contributed by atoms with E-state index in [9.17, 15) is 61.5 Å². The Kier molecular flexibility index (Phi) is 10.6. The molecule has 1 aromatic heterocycles. The van der Waals surface area contributed by atoms with Crippen LogP contribution in [0.3, 0.4) is 0 Å². The highest BCUT2D eigenvalue weighted by molar-refractivity contribution is 7.89. The Morgan fingerprint density at radius 2 is 1.88 bits per heavy atom. The van der Waals surface area contributed by atoms with Crippen LogP contribution in [0.25, 0.3) is 0 Å². The van der Waals surface area contributed by atoms with Crippen LogP contribution in [0.1, 0.15) is 37.3 Å². The number of thiazole rings is 1. The Morgan fingerprint density at radius 1 is 1.16 bits per heavy atom. The molecule has 51 heavy (non-hydrogen) atoms. The third kappa shape index (κ3) is 7.45. The number of nitrogens with zero attached hydrogens (tertiary/aromatic N) is 3. The Hall–Kier alpha value is -5.26. The van der Waals surface area contributed by atoms with Crippen LogP contribution in [0.2, 0.25) is 5.02 Å². The lowest BCUT2D eigenvalue weighted by Crippen LogP contribution is -2.56. The Labute approximate surface area is 294 Å². The number of sulfonamides is 1. The van der Waals surface area contributed by atoms with Gasteiger partial charge in [-0.1, -0.05) is 17.7 Å². The highest BCUT2D eigenvalue weighted by Gasteiger charge is 2.43. The van der Waals surface area contributed by atoms with Crippen LogP contribution < -0.4 is 20.6 Å². The molecule has 3 heterocycles. The molecule has 0 saturated carbocycles. The molecule has 6 amide bonds. The highest BCUT2D eigenvalue weighted by Crippen LogP contribution is 2.41. The van der Waals surface area contributed by atoms with Crippen LogP contribution in [-0.4, -0.2) is 111 Å². The molecule has 2 aliphatic rings. The fourth-order valence-electron chi connectivity index (χ4n) is 5.12. The first-order valence-electron chi connectivity index (χ1n) is 14.4. The van der Waals surface area contributed by atoms with Crippen molar-refractivity contribution < 1.29 is 66.2 Å². The van der Waals surface area contributed by atoms with Gasteiger partial charge in [0.1, 0.15) is 23.2 Å². The number of halogens is 3. The number of aromatic carboxylic acids is 1. The molecule has 0 radical (unpaired) electrons. The van der Waals surface area contributed by atoms with Gasteiger partial charge in [-0.3, -0.25) is 9.59 Å². The summed E-state index contributed by atoms with van der Waals surface area (Å²) in [5.41, 5.74) is -1.50. The normalized spacial score (nSPS) is 16.3. The number of phenols is 2. The number of fused-ring (bicyclic) bond motifs is 1. The first-order valence-corrected chi connectivity index (χ1v) is 17.3. The largest absolute Gasteiger partial charge is 0.547 e. The van der Waals surface area contributed by atoms with Crippen molar-refractivity contribution >= 4 is 69.9 Å². The van der Waals surface area contributed by atoms with Gasteiger partial charge in [0.05, 0.1) is 29.8 Å². The van der Waals surface area contributed by atoms with Crippen molar-refractivity contribution in [3.8, 4) is 17.2 Å². The van der Waals surface area contributed by atoms with E-state index in [1.165, 1.54) is 11.6 Å². The van der Waals surface area contributed by atoms with Crippen molar-refractivity contribution in [2.45, 2.75) is 18.4 Å². The van der Waals surface area contributed by atoms with Gasteiger partial charge in [-0.2, -0.15) is 0 Å². The number of carboxylic acid groups (broad SMARTS) is 1. The van der Waals surface area contributed by atoms with E-state index in [0.29, 0.717) is 15.3 Å². The molecule has 7 N–H and O–H groups in total. The molecule has 0 aliphatic carbocycles. The van der Waals surface area contributed by atoms with E-state index < -0.39 is 129 Å². The number of carboxylic acids is 1. The smallest absolute Gasteiger partial charge is 0.534 e. The number of urea groups is 2. The lowest BCUT2D eigenvalue weighted by Gasteiger charge is -2.31. The number of amides is 6. The lowest BCUT2D eigenvalue weighted by molar-refractivity contribution is -0.123. The number of imide groups is 1. The van der Waals surface area contributed by atoms with E-state index in [4.69, 9.17) is 16.3 Å². The highest BCUT2D eigenvalue weighted by atomic mass is 35.5. The van der Waals surface area contributed by atoms with Crippen molar-refractivity contribution in [1.29, 1.82) is 0 Å². The molecule has 1 fully saturated rings. The van der Waals surface area contributed by atoms with Gasteiger partial charge in [0.25, 0.3) is 5.91 Å². The summed E-state index contributed by atoms with van der Waals surface area (Å²) >= 11 is 7.11. The molecule has 24 heteroatoms. The molecule has 0 spiro atoms. The van der Waals surface area contributed by atoms with Crippen molar-refractivity contribution in [2.24, 2.45) is 0 Å². The van der Waals surface area contributed by atoms with Crippen LogP contribution in [0.4, 0.5) is 18.4 Å². The quantitative estimate of drug-likeness (QED) is 0.110. The fraction of sp³-hybridized carbons (Fsp3) is 0.259. The number of aromatic hydroxyl groups is 2. The van der Waals surface area contributed by atoms with E-state index >= 15 is 0 Å². The number of hydrogen-bond acceptors (Lipinski definition) is 13. The first-order chi connectivity index (χ1) is 24.0. The fourth-order valence-corrected chi connectivity index (χ4v) is 7.20. The summed E-state index contributed by atoms with van der Waals surface area (Å²) in [6.07, 6.45) is 1.02. The number of hydrogen-bond donors (Lipinski definition) is 7. The summed E-state index contributed by atoms with van der Waals surface area (Å²) < 4.78 is 60.1. The minimum atomic E-state index is -4.40. The number of rotatable bonds is 10. The van der Waals surface area contributed by atoms with E-state index in [-0.39, 0.29) is 17.0 Å². The summed E-state index contributed by atoms with van der Waals surface area (Å²) in [7, 11) is -6.40. The monoisotopic (exact) mass is 772 g/mol. The number of aromatic nitrogens is 1. The second-order valence-electron chi connectivity index (χ2n) is 10.8. The second-order valence-corrected chi connectivity index (χ2v) is 14.1. The van der Waals surface area contributed by atoms with Gasteiger partial charge in [0, 0.05) is 23.7 Å². The van der Waals surface area contributed by atoms with Crippen LogP contribution in [0.15, 0.2) is 29.8 Å². The number of carbonyl (C=O) groups excluding carboxylic acids is 4. The Bertz CT molecular complexity index is 2040. The van der Waals surface area contributed by atoms with Crippen LogP contribution in [0, 0.1) is 11.6 Å². The average molecular weight is 773 g/mol. The molecule has 2 atom stereocenters. The predicted octanol–water partition coefficient (Wildman–Crippen LogP) is 0.572. The summed E-state index contributed by atoms with van der Waals surface area (Å²) in [6, 6.07) is -2.41. The molecular weight excluding hydrogens is 749 g/mol. The zero-order valence-corrected chi connectivity index (χ0v) is 27.9. The van der Waals surface area contributed by atoms with Crippen molar-refractivity contribution in [3.63, 3.8) is 0 Å². The maximum Gasteiger partial charge on any atom is 0.547 e. The predicted molar refractivity (Wildman–Crippen MR) is 171 cm³/mol. The number of carbonyl (C=O) groups is 5. The molecule has 1 saturated heterocycles. The van der Waals surface area contributed by atoms with Gasteiger partial charge >= 0.3 is 25.1 Å². The summed E-state index contributed by atoms with van der Waals surface area (Å²) in [6.45, 7) is -1.46. The third-order valence-corrected chi connectivity index (χ3v) is 10.5. The molecule has 5 rings (SSSR count). The zero-order valence-electron chi connectivity index (χ0n) is 25.5. The summed E-state index contributed by atoms with van der Waals surface area (Å²) in [4.78, 5) is 67.9. The molecule has 2 aromatic carbocycles. The van der Waals surface area contributed by atoms with Gasteiger partial charge in [-0.15, -0.1) is 11.3 Å². The van der Waals surface area contributed by atoms with Gasteiger partial charge in [-0.05, 0) is 24.1 Å². The first kappa shape index (κ1) is 37.0. The maximum atomic E-state index is 14.6. The molecule has 2 aliphatic heterocycles. The topological polar surface area (TPSA) is 265 Å². The third-order valence-electron chi connectivity index (χ3n) is 7.61. The number of nitrogens with one attached hydrogen (secondary N) is 3. The van der Waals surface area contributed by atoms with Crippen molar-refractivity contribution in [2.75, 3.05) is 25.4 Å². The Balaban J connectivity index is 1.34. The van der Waals surface area contributed by atoms with Crippen LogP contribution in [-0.2, 0) is 21.2 Å². The summed E-state index contributed by atoms with van der Waals surface area (Å²) in [5.74, 6) is -11.5. The molecule has 1 unspecified atom stereocenters. The van der Waals surface area contributed by atoms with E-state index in [1.54, 1.807) is 0 Å². The average Bonchev–Trinajstić information content (AvgIpc) is 3.75. The van der Waals surface area contributed by atoms with Crippen LogP contribution >= 0.6 is 22.9 Å². The summed E-state index contributed by atoms with van der Waals surface area (Å²) in [5, 5.41) is 47.4. The Morgan fingerprint density at radius 3 is 2.55 bits per heavy atom. The number of benzene rings is 2. The lowest BCUT2D eigenvalue weighted by atomic mass is 9.72. The van der Waals surface area contributed by atoms with E-state index in [0.717, 1.165) is 23.5 Å². The van der Waals surface area contributed by atoms with Gasteiger partial charge in [0.15, 0.2) is 22.3 Å². The SMILES string of the molecule is O=C(NCCS(=O)(=O)N1CCN(C(=O)NC(C(=O)N[C@H]2Cc3ccc(F)c(C(=O)O)c3OB2O)c2cc(F)c(O)c(O)c2Cl)C1=O)c1nccs1. The van der Waals surface area contributed by atoms with Crippen molar-refractivity contribution in [1.82, 2.24) is 30.1 Å². The molecule has 0 bridgehead atoms. The van der Waals surface area contributed by atoms with E-state index in [2.05, 4.69) is 20.9 Å². The van der Waals surface area contributed by atoms with Gasteiger partial charge in [0.2, 0.25) is 15.9 Å². The zero-order chi connectivity index (χ0) is 37.4. The molecule has 18 nitrogen and oxygen atoms in total.